The number of aryl methyl sites for hydroxylation is 1. The van der Waals surface area contributed by atoms with Gasteiger partial charge in [0.25, 0.3) is 11.5 Å². The third kappa shape index (κ3) is 5.44. The third-order valence-electron chi connectivity index (χ3n) is 4.77. The summed E-state index contributed by atoms with van der Waals surface area (Å²) in [7, 11) is 2.13. The van der Waals surface area contributed by atoms with Gasteiger partial charge in [0.05, 0.1) is 0 Å². The van der Waals surface area contributed by atoms with Crippen molar-refractivity contribution in [1.29, 1.82) is 0 Å². The highest BCUT2D eigenvalue weighted by Gasteiger charge is 2.17. The van der Waals surface area contributed by atoms with E-state index in [4.69, 9.17) is 0 Å². The predicted octanol–water partition coefficient (Wildman–Crippen LogP) is 2.04. The molecule has 24 heavy (non-hydrogen) atoms. The van der Waals surface area contributed by atoms with E-state index in [9.17, 15) is 9.59 Å². The normalized spacial score (nSPS) is 15.6. The van der Waals surface area contributed by atoms with Gasteiger partial charge in [-0.25, -0.2) is 4.68 Å². The zero-order valence-electron chi connectivity index (χ0n) is 15.0. The fourth-order valence-corrected chi connectivity index (χ4v) is 3.18. The molecule has 1 aromatic heterocycles. The minimum absolute atomic E-state index is 0.156. The predicted molar refractivity (Wildman–Crippen MR) is 95.2 cm³/mol. The number of aromatic nitrogens is 2. The van der Waals surface area contributed by atoms with Gasteiger partial charge in [0.15, 0.2) is 0 Å². The van der Waals surface area contributed by atoms with Crippen LogP contribution in [0.3, 0.4) is 0 Å². The van der Waals surface area contributed by atoms with Gasteiger partial charge in [-0.05, 0) is 32.4 Å². The van der Waals surface area contributed by atoms with E-state index >= 15 is 0 Å². The molecule has 0 radical (unpaired) electrons. The molecule has 1 amide bonds. The van der Waals surface area contributed by atoms with E-state index in [0.717, 1.165) is 19.4 Å². The quantitative estimate of drug-likeness (QED) is 0.790. The number of hydrogen-bond acceptors (Lipinski definition) is 4. The Kier molecular flexibility index (Phi) is 7.43. The number of carbonyl (C=O) groups excluding carboxylic acids is 1. The number of carbonyl (C=O) groups is 1. The first-order valence-electron chi connectivity index (χ1n) is 9.18. The summed E-state index contributed by atoms with van der Waals surface area (Å²) in [6, 6.07) is 3.57. The van der Waals surface area contributed by atoms with Gasteiger partial charge in [0.2, 0.25) is 0 Å². The van der Waals surface area contributed by atoms with Gasteiger partial charge in [-0.1, -0.05) is 32.6 Å². The van der Waals surface area contributed by atoms with Crippen LogP contribution in [0.25, 0.3) is 0 Å². The van der Waals surface area contributed by atoms with E-state index in [-0.39, 0.29) is 11.5 Å². The van der Waals surface area contributed by atoms with Crippen molar-refractivity contribution < 1.29 is 4.79 Å². The van der Waals surface area contributed by atoms with Crippen molar-refractivity contribution in [2.45, 2.75) is 64.5 Å². The van der Waals surface area contributed by atoms with Crippen LogP contribution in [0.5, 0.6) is 0 Å². The fourth-order valence-electron chi connectivity index (χ4n) is 3.18. The van der Waals surface area contributed by atoms with Crippen molar-refractivity contribution >= 4 is 5.91 Å². The molecule has 1 aliphatic rings. The first-order chi connectivity index (χ1) is 11.6. The summed E-state index contributed by atoms with van der Waals surface area (Å²) < 4.78 is 1.38. The van der Waals surface area contributed by atoms with E-state index < -0.39 is 0 Å². The molecule has 1 aliphatic carbocycles. The Labute approximate surface area is 144 Å². The second kappa shape index (κ2) is 9.57. The molecule has 1 aromatic rings. The Bertz CT molecular complexity index is 579. The third-order valence-corrected chi connectivity index (χ3v) is 4.77. The molecule has 0 saturated heterocycles. The monoisotopic (exact) mass is 334 g/mol. The van der Waals surface area contributed by atoms with Crippen LogP contribution in [0.2, 0.25) is 0 Å². The van der Waals surface area contributed by atoms with Gasteiger partial charge >= 0.3 is 0 Å². The average molecular weight is 334 g/mol. The lowest BCUT2D eigenvalue weighted by Crippen LogP contribution is -2.40. The molecule has 134 valence electrons. The lowest BCUT2D eigenvalue weighted by molar-refractivity contribution is 0.0937. The Balaban J connectivity index is 1.82. The SMILES string of the molecule is CCCCn1nc(C(=O)NCCN(C)C2CCCCC2)ccc1=O. The molecule has 1 N–H and O–H groups in total. The van der Waals surface area contributed by atoms with Crippen molar-refractivity contribution in [2.75, 3.05) is 20.1 Å². The molecular weight excluding hydrogens is 304 g/mol. The van der Waals surface area contributed by atoms with E-state index in [1.807, 2.05) is 0 Å². The Hall–Kier alpha value is -1.69. The average Bonchev–Trinajstić information content (AvgIpc) is 2.61. The molecule has 6 nitrogen and oxygen atoms in total. The second-order valence-corrected chi connectivity index (χ2v) is 6.66. The lowest BCUT2D eigenvalue weighted by Gasteiger charge is -2.31. The minimum atomic E-state index is -0.211. The fraction of sp³-hybridized carbons (Fsp3) is 0.722. The highest BCUT2D eigenvalue weighted by molar-refractivity contribution is 5.91. The summed E-state index contributed by atoms with van der Waals surface area (Å²) in [4.78, 5) is 26.3. The molecule has 1 fully saturated rings. The molecule has 0 aromatic carbocycles. The van der Waals surface area contributed by atoms with Crippen LogP contribution in [0.4, 0.5) is 0 Å². The van der Waals surface area contributed by atoms with Gasteiger partial charge in [-0.15, -0.1) is 0 Å². The van der Waals surface area contributed by atoms with Crippen LogP contribution in [-0.2, 0) is 6.54 Å². The molecular formula is C18H30N4O2. The van der Waals surface area contributed by atoms with Crippen LogP contribution in [-0.4, -0.2) is 46.8 Å². The number of nitrogens with zero attached hydrogens (tertiary/aromatic N) is 3. The summed E-state index contributed by atoms with van der Waals surface area (Å²) in [5.74, 6) is -0.211. The molecule has 1 saturated carbocycles. The topological polar surface area (TPSA) is 67.2 Å². The number of likely N-dealkylation sites (N-methyl/N-ethyl adjacent to an activating group) is 1. The van der Waals surface area contributed by atoms with Crippen molar-refractivity contribution in [2.24, 2.45) is 0 Å². The maximum absolute atomic E-state index is 12.2. The van der Waals surface area contributed by atoms with E-state index in [2.05, 4.69) is 29.3 Å². The highest BCUT2D eigenvalue weighted by atomic mass is 16.2. The zero-order chi connectivity index (χ0) is 17.4. The van der Waals surface area contributed by atoms with E-state index in [0.29, 0.717) is 24.8 Å². The number of unbranched alkanes of at least 4 members (excludes halogenated alkanes) is 1. The highest BCUT2D eigenvalue weighted by Crippen LogP contribution is 2.21. The maximum atomic E-state index is 12.2. The molecule has 0 atom stereocenters. The smallest absolute Gasteiger partial charge is 0.271 e. The first kappa shape index (κ1) is 18.6. The molecule has 0 bridgehead atoms. The summed E-state index contributed by atoms with van der Waals surface area (Å²) in [6.07, 6.45) is 8.35. The molecule has 0 unspecified atom stereocenters. The lowest BCUT2D eigenvalue weighted by atomic mass is 9.94. The summed E-state index contributed by atoms with van der Waals surface area (Å²) in [5, 5.41) is 7.09. The zero-order valence-corrected chi connectivity index (χ0v) is 15.0. The van der Waals surface area contributed by atoms with Crippen molar-refractivity contribution in [3.8, 4) is 0 Å². The largest absolute Gasteiger partial charge is 0.349 e. The minimum Gasteiger partial charge on any atom is -0.349 e. The van der Waals surface area contributed by atoms with Gasteiger partial charge < -0.3 is 10.2 Å². The molecule has 0 aliphatic heterocycles. The van der Waals surface area contributed by atoms with Crippen molar-refractivity contribution in [1.82, 2.24) is 20.0 Å². The Morgan fingerprint density at radius 1 is 1.33 bits per heavy atom. The second-order valence-electron chi connectivity index (χ2n) is 6.66. The number of hydrogen-bond donors (Lipinski definition) is 1. The number of amides is 1. The maximum Gasteiger partial charge on any atom is 0.271 e. The van der Waals surface area contributed by atoms with Gasteiger partial charge in [-0.3, -0.25) is 9.59 Å². The van der Waals surface area contributed by atoms with Crippen LogP contribution in [0.1, 0.15) is 62.4 Å². The van der Waals surface area contributed by atoms with Gasteiger partial charge in [-0.2, -0.15) is 5.10 Å². The molecule has 6 heteroatoms. The Morgan fingerprint density at radius 2 is 2.08 bits per heavy atom. The number of rotatable bonds is 8. The van der Waals surface area contributed by atoms with Gasteiger partial charge in [0.1, 0.15) is 5.69 Å². The molecule has 0 spiro atoms. The van der Waals surface area contributed by atoms with Crippen LogP contribution >= 0.6 is 0 Å². The summed E-state index contributed by atoms with van der Waals surface area (Å²) >= 11 is 0. The summed E-state index contributed by atoms with van der Waals surface area (Å²) in [6.45, 7) is 4.05. The van der Waals surface area contributed by atoms with Crippen molar-refractivity contribution in [3.05, 3.63) is 28.2 Å². The van der Waals surface area contributed by atoms with Crippen LogP contribution < -0.4 is 10.9 Å². The number of nitrogens with one attached hydrogen (secondary N) is 1. The van der Waals surface area contributed by atoms with E-state index in [1.165, 1.54) is 48.9 Å². The van der Waals surface area contributed by atoms with Crippen LogP contribution in [0.15, 0.2) is 16.9 Å². The first-order valence-corrected chi connectivity index (χ1v) is 9.18. The standard InChI is InChI=1S/C18H30N4O2/c1-3-4-13-22-17(23)11-10-16(20-22)18(24)19-12-14-21(2)15-8-6-5-7-9-15/h10-11,15H,3-9,12-14H2,1-2H3,(H,19,24). The molecule has 2 rings (SSSR count). The summed E-state index contributed by atoms with van der Waals surface area (Å²) in [5.41, 5.74) is 0.156. The van der Waals surface area contributed by atoms with Gasteiger partial charge in [0, 0.05) is 31.7 Å². The molecule has 1 heterocycles. The van der Waals surface area contributed by atoms with Crippen molar-refractivity contribution in [3.63, 3.8) is 0 Å². The van der Waals surface area contributed by atoms with E-state index in [1.54, 1.807) is 0 Å². The van der Waals surface area contributed by atoms with Crippen LogP contribution in [0, 0.1) is 0 Å². The Morgan fingerprint density at radius 3 is 2.79 bits per heavy atom.